The van der Waals surface area contributed by atoms with Gasteiger partial charge in [-0.15, -0.1) is 0 Å². The topological polar surface area (TPSA) is 38.8 Å². The lowest BCUT2D eigenvalue weighted by Gasteiger charge is -2.36. The number of nitrogens with zero attached hydrogens (tertiary/aromatic N) is 1. The van der Waals surface area contributed by atoms with Crippen LogP contribution < -0.4 is 9.64 Å². The van der Waals surface area contributed by atoms with Crippen molar-refractivity contribution in [1.29, 1.82) is 0 Å². The van der Waals surface area contributed by atoms with E-state index in [4.69, 9.17) is 9.47 Å². The predicted molar refractivity (Wildman–Crippen MR) is 127 cm³/mol. The summed E-state index contributed by atoms with van der Waals surface area (Å²) in [4.78, 5) is 15.8. The van der Waals surface area contributed by atoms with Crippen LogP contribution in [0.15, 0.2) is 60.7 Å². The van der Waals surface area contributed by atoms with Gasteiger partial charge in [0.1, 0.15) is 11.5 Å². The highest BCUT2D eigenvalue weighted by molar-refractivity contribution is 6.02. The predicted octanol–water partition coefficient (Wildman–Crippen LogP) is 6.44. The minimum Gasteiger partial charge on any atom is -0.456 e. The molecule has 3 aromatic carbocycles. The summed E-state index contributed by atoms with van der Waals surface area (Å²) in [7, 11) is 0. The fourth-order valence-corrected chi connectivity index (χ4v) is 4.93. The highest BCUT2D eigenvalue weighted by Gasteiger charge is 2.54. The molecule has 2 aliphatic heterocycles. The molecule has 0 saturated carbocycles. The Morgan fingerprint density at radius 1 is 0.938 bits per heavy atom. The molecule has 5 rings (SSSR count). The highest BCUT2D eigenvalue weighted by Crippen LogP contribution is 2.57. The fraction of sp³-hybridized carbons (Fsp3) is 0.321. The number of rotatable bonds is 5. The van der Waals surface area contributed by atoms with Crippen molar-refractivity contribution in [1.82, 2.24) is 0 Å². The van der Waals surface area contributed by atoms with Crippen molar-refractivity contribution in [3.8, 4) is 11.5 Å². The molecule has 0 amide bonds. The summed E-state index contributed by atoms with van der Waals surface area (Å²) < 4.78 is 12.6. The van der Waals surface area contributed by atoms with Crippen LogP contribution in [-0.4, -0.2) is 19.1 Å². The summed E-state index contributed by atoms with van der Waals surface area (Å²) in [5.41, 5.74) is 4.34. The van der Waals surface area contributed by atoms with Gasteiger partial charge in [0.25, 0.3) is 0 Å². The van der Waals surface area contributed by atoms with E-state index in [-0.39, 0.29) is 5.97 Å². The van der Waals surface area contributed by atoms with Crippen LogP contribution in [0.1, 0.15) is 59.8 Å². The molecule has 32 heavy (non-hydrogen) atoms. The number of carbonyl (C=O) groups excluding carboxylic acids is 1. The molecule has 0 aliphatic carbocycles. The normalized spacial score (nSPS) is 18.1. The Hall–Kier alpha value is -3.27. The van der Waals surface area contributed by atoms with Crippen LogP contribution in [0.5, 0.6) is 11.5 Å². The van der Waals surface area contributed by atoms with Crippen LogP contribution in [0, 0.1) is 12.8 Å². The second-order valence-corrected chi connectivity index (χ2v) is 9.13. The number of fused-ring (bicyclic) bond motifs is 6. The van der Waals surface area contributed by atoms with Gasteiger partial charge in [0.15, 0.2) is 5.60 Å². The highest BCUT2D eigenvalue weighted by atomic mass is 16.6. The first kappa shape index (κ1) is 20.6. The summed E-state index contributed by atoms with van der Waals surface area (Å²) >= 11 is 0. The Morgan fingerprint density at radius 3 is 2.47 bits per heavy atom. The number of carbonyl (C=O) groups is 1. The van der Waals surface area contributed by atoms with Crippen LogP contribution in [0.25, 0.3) is 0 Å². The van der Waals surface area contributed by atoms with Crippen LogP contribution in [0.4, 0.5) is 5.69 Å². The maximum absolute atomic E-state index is 13.5. The van der Waals surface area contributed by atoms with Crippen molar-refractivity contribution in [3.63, 3.8) is 0 Å². The Bertz CT molecular complexity index is 1200. The van der Waals surface area contributed by atoms with E-state index in [1.54, 1.807) is 0 Å². The fourth-order valence-electron chi connectivity index (χ4n) is 4.93. The monoisotopic (exact) mass is 427 g/mol. The molecule has 0 bridgehead atoms. The smallest absolute Gasteiger partial charge is 0.342 e. The number of para-hydroxylation sites is 1. The maximum atomic E-state index is 13.5. The van der Waals surface area contributed by atoms with Crippen molar-refractivity contribution in [2.45, 2.75) is 39.7 Å². The van der Waals surface area contributed by atoms with E-state index in [0.29, 0.717) is 11.5 Å². The Kier molecular flexibility index (Phi) is 4.96. The number of benzene rings is 3. The molecule has 0 saturated heterocycles. The van der Waals surface area contributed by atoms with Crippen LogP contribution in [0.2, 0.25) is 0 Å². The zero-order valence-electron chi connectivity index (χ0n) is 19.1. The standard InChI is InChI=1S/C28H29NO3/c1-5-29(16-15-18(2)3)23-11-8-10-22-26(23)27(30)32-28(22)20-9-6-7-12-24(20)31-25-17-19(4)13-14-21(25)28/h6-14,17-18H,5,15-16H2,1-4H3. The van der Waals surface area contributed by atoms with E-state index < -0.39 is 5.60 Å². The van der Waals surface area contributed by atoms with Gasteiger partial charge in [0, 0.05) is 29.8 Å². The number of aryl methyl sites for hydroxylation is 1. The third-order valence-corrected chi connectivity index (χ3v) is 6.57. The van der Waals surface area contributed by atoms with Crippen molar-refractivity contribution in [2.75, 3.05) is 18.0 Å². The van der Waals surface area contributed by atoms with Crippen LogP contribution >= 0.6 is 0 Å². The van der Waals surface area contributed by atoms with Crippen LogP contribution in [-0.2, 0) is 10.3 Å². The minimum atomic E-state index is -1.00. The van der Waals surface area contributed by atoms with E-state index >= 15 is 0 Å². The quantitative estimate of drug-likeness (QED) is 0.440. The first-order valence-electron chi connectivity index (χ1n) is 11.5. The van der Waals surface area contributed by atoms with E-state index in [9.17, 15) is 4.79 Å². The lowest BCUT2D eigenvalue weighted by Crippen LogP contribution is -2.33. The van der Waals surface area contributed by atoms with E-state index in [1.807, 2.05) is 61.5 Å². The molecule has 0 aromatic heterocycles. The summed E-state index contributed by atoms with van der Waals surface area (Å²) in [6.07, 6.45) is 1.07. The van der Waals surface area contributed by atoms with Gasteiger partial charge in [0.2, 0.25) is 0 Å². The number of esters is 1. The van der Waals surface area contributed by atoms with Gasteiger partial charge in [-0.2, -0.15) is 0 Å². The van der Waals surface area contributed by atoms with Crippen molar-refractivity contribution in [3.05, 3.63) is 88.5 Å². The van der Waals surface area contributed by atoms with Gasteiger partial charge < -0.3 is 14.4 Å². The maximum Gasteiger partial charge on any atom is 0.342 e. The Balaban J connectivity index is 1.75. The number of ether oxygens (including phenoxy) is 2. The molecule has 0 fully saturated rings. The zero-order valence-corrected chi connectivity index (χ0v) is 19.1. The Morgan fingerprint density at radius 2 is 1.69 bits per heavy atom. The molecular formula is C28H29NO3. The van der Waals surface area contributed by atoms with Crippen molar-refractivity contribution in [2.24, 2.45) is 5.92 Å². The summed E-state index contributed by atoms with van der Waals surface area (Å²) in [5, 5.41) is 0. The molecule has 1 atom stereocenters. The van der Waals surface area contributed by atoms with Gasteiger partial charge in [0.05, 0.1) is 11.3 Å². The third-order valence-electron chi connectivity index (χ3n) is 6.57. The number of anilines is 1. The van der Waals surface area contributed by atoms with Gasteiger partial charge in [-0.3, -0.25) is 0 Å². The molecule has 0 N–H and O–H groups in total. The zero-order chi connectivity index (χ0) is 22.5. The second kappa shape index (κ2) is 7.70. The first-order valence-corrected chi connectivity index (χ1v) is 11.5. The largest absolute Gasteiger partial charge is 0.456 e. The summed E-state index contributed by atoms with van der Waals surface area (Å²) in [5.74, 6) is 1.78. The first-order chi connectivity index (χ1) is 15.5. The Labute approximate surface area is 189 Å². The van der Waals surface area contributed by atoms with Crippen molar-refractivity contribution < 1.29 is 14.3 Å². The van der Waals surface area contributed by atoms with Gasteiger partial charge in [-0.05, 0) is 49.9 Å². The molecule has 0 radical (unpaired) electrons. The average Bonchev–Trinajstić information content (AvgIpc) is 3.07. The number of hydrogen-bond acceptors (Lipinski definition) is 4. The molecule has 2 heterocycles. The van der Waals surface area contributed by atoms with Gasteiger partial charge in [-0.25, -0.2) is 4.79 Å². The van der Waals surface area contributed by atoms with E-state index in [0.717, 1.165) is 59.0 Å². The molecule has 3 aromatic rings. The average molecular weight is 428 g/mol. The lowest BCUT2D eigenvalue weighted by atomic mass is 9.77. The molecule has 4 heteroatoms. The third kappa shape index (κ3) is 3.01. The molecule has 164 valence electrons. The van der Waals surface area contributed by atoms with E-state index in [1.165, 1.54) is 0 Å². The molecule has 2 aliphatic rings. The van der Waals surface area contributed by atoms with Crippen LogP contribution in [0.3, 0.4) is 0 Å². The van der Waals surface area contributed by atoms with Gasteiger partial charge in [-0.1, -0.05) is 56.3 Å². The molecule has 1 spiro atoms. The summed E-state index contributed by atoms with van der Waals surface area (Å²) in [6.45, 7) is 10.4. The van der Waals surface area contributed by atoms with Gasteiger partial charge >= 0.3 is 5.97 Å². The molecule has 1 unspecified atom stereocenters. The second-order valence-electron chi connectivity index (χ2n) is 9.13. The SMILES string of the molecule is CCN(CCC(C)C)c1cccc2c1C(=O)OC21c2ccccc2Oc2cc(C)ccc21. The minimum absolute atomic E-state index is 0.276. The molecular weight excluding hydrogens is 398 g/mol. The summed E-state index contributed by atoms with van der Waals surface area (Å²) in [6, 6.07) is 20.1. The molecule has 4 nitrogen and oxygen atoms in total. The van der Waals surface area contributed by atoms with Crippen molar-refractivity contribution >= 4 is 11.7 Å². The van der Waals surface area contributed by atoms with E-state index in [2.05, 4.69) is 31.7 Å². The number of hydrogen-bond donors (Lipinski definition) is 0. The lowest BCUT2D eigenvalue weighted by molar-refractivity contribution is 0.0224.